The van der Waals surface area contributed by atoms with Crippen molar-refractivity contribution < 1.29 is 17.9 Å². The third kappa shape index (κ3) is 3.35. The molecule has 0 unspecified atom stereocenters. The second-order valence-electron chi connectivity index (χ2n) is 5.03. The lowest BCUT2D eigenvalue weighted by Gasteiger charge is -2.08. The van der Waals surface area contributed by atoms with E-state index in [2.05, 4.69) is 20.2 Å². The van der Waals surface area contributed by atoms with Gasteiger partial charge < -0.3 is 14.8 Å². The molecule has 1 aromatic carbocycles. The van der Waals surface area contributed by atoms with Crippen LogP contribution in [-0.4, -0.2) is 25.4 Å². The molecule has 0 spiro atoms. The highest BCUT2D eigenvalue weighted by Gasteiger charge is 2.16. The second kappa shape index (κ2) is 6.22. The first-order valence-corrected chi connectivity index (χ1v) is 9.53. The fraction of sp³-hybridized carbons (Fsp3) is 0.0667. The lowest BCUT2D eigenvalue weighted by atomic mass is 10.3. The maximum atomic E-state index is 12.1. The predicted octanol–water partition coefficient (Wildman–Crippen LogP) is 2.81. The lowest BCUT2D eigenvalue weighted by molar-refractivity contribution is 0.174. The second-order valence-corrected chi connectivity index (χ2v) is 7.89. The Kier molecular flexibility index (Phi) is 3.90. The average Bonchev–Trinajstić information content (AvgIpc) is 3.28. The minimum absolute atomic E-state index is 0.143. The summed E-state index contributed by atoms with van der Waals surface area (Å²) in [6.45, 7) is 0.206. The number of thiophene rings is 1. The van der Waals surface area contributed by atoms with Crippen LogP contribution in [0.15, 0.2) is 52.1 Å². The molecule has 1 aliphatic rings. The summed E-state index contributed by atoms with van der Waals surface area (Å²) in [6, 6.07) is 11.8. The van der Waals surface area contributed by atoms with E-state index in [9.17, 15) is 8.42 Å². The van der Waals surface area contributed by atoms with E-state index in [-0.39, 0.29) is 16.8 Å². The smallest absolute Gasteiger partial charge is 0.272 e. The number of aromatic nitrogens is 2. The maximum absolute atomic E-state index is 12.1. The van der Waals surface area contributed by atoms with Crippen molar-refractivity contribution in [3.8, 4) is 11.5 Å². The molecule has 0 radical (unpaired) electrons. The SMILES string of the molecule is O=S(=O)(Nc1ccc(Nc2ccc3c(c2)OCO3)nn1)c1cccs1. The molecule has 1 aliphatic heterocycles. The highest BCUT2D eigenvalue weighted by Crippen LogP contribution is 2.34. The molecule has 0 atom stereocenters. The highest BCUT2D eigenvalue weighted by atomic mass is 32.2. The fourth-order valence-electron chi connectivity index (χ4n) is 2.18. The number of fused-ring (bicyclic) bond motifs is 1. The van der Waals surface area contributed by atoms with E-state index in [0.717, 1.165) is 17.0 Å². The Morgan fingerprint density at radius 2 is 1.80 bits per heavy atom. The summed E-state index contributed by atoms with van der Waals surface area (Å²) < 4.78 is 37.5. The molecule has 8 nitrogen and oxygen atoms in total. The molecule has 2 aromatic heterocycles. The normalized spacial score (nSPS) is 12.8. The molecule has 3 aromatic rings. The van der Waals surface area contributed by atoms with E-state index in [0.29, 0.717) is 17.3 Å². The van der Waals surface area contributed by atoms with Crippen molar-refractivity contribution >= 4 is 38.7 Å². The summed E-state index contributed by atoms with van der Waals surface area (Å²) >= 11 is 1.13. The molecule has 4 rings (SSSR count). The summed E-state index contributed by atoms with van der Waals surface area (Å²) in [4.78, 5) is 0. The van der Waals surface area contributed by atoms with E-state index in [1.54, 1.807) is 29.6 Å². The molecular formula is C15H12N4O4S2. The van der Waals surface area contributed by atoms with Crippen LogP contribution >= 0.6 is 11.3 Å². The Hall–Kier alpha value is -2.85. The first-order valence-electron chi connectivity index (χ1n) is 7.17. The van der Waals surface area contributed by atoms with Crippen molar-refractivity contribution in [3.63, 3.8) is 0 Å². The van der Waals surface area contributed by atoms with Gasteiger partial charge in [0.05, 0.1) is 0 Å². The van der Waals surface area contributed by atoms with Gasteiger partial charge in [-0.05, 0) is 35.7 Å². The maximum Gasteiger partial charge on any atom is 0.272 e. The number of rotatable bonds is 5. The average molecular weight is 376 g/mol. The molecule has 2 N–H and O–H groups in total. The zero-order chi connectivity index (χ0) is 17.3. The predicted molar refractivity (Wildman–Crippen MR) is 93.0 cm³/mol. The van der Waals surface area contributed by atoms with Gasteiger partial charge in [-0.15, -0.1) is 21.5 Å². The van der Waals surface area contributed by atoms with Crippen molar-refractivity contribution in [2.45, 2.75) is 4.21 Å². The number of nitrogens with zero attached hydrogens (tertiary/aromatic N) is 2. The molecular weight excluding hydrogens is 364 g/mol. The van der Waals surface area contributed by atoms with Crippen LogP contribution in [0.3, 0.4) is 0 Å². The zero-order valence-electron chi connectivity index (χ0n) is 12.7. The number of sulfonamides is 1. The van der Waals surface area contributed by atoms with Crippen molar-refractivity contribution in [2.24, 2.45) is 0 Å². The van der Waals surface area contributed by atoms with E-state index in [1.165, 1.54) is 12.1 Å². The number of anilines is 3. The van der Waals surface area contributed by atoms with Crippen molar-refractivity contribution in [2.75, 3.05) is 16.8 Å². The fourth-order valence-corrected chi connectivity index (χ4v) is 4.17. The molecule has 10 heteroatoms. The molecule has 0 fully saturated rings. The molecule has 3 heterocycles. The Bertz CT molecular complexity index is 989. The van der Waals surface area contributed by atoms with Gasteiger partial charge >= 0.3 is 0 Å². The van der Waals surface area contributed by atoms with Crippen molar-refractivity contribution in [1.82, 2.24) is 10.2 Å². The Morgan fingerprint density at radius 3 is 2.56 bits per heavy atom. The van der Waals surface area contributed by atoms with Gasteiger partial charge in [-0.25, -0.2) is 8.42 Å². The molecule has 0 bridgehead atoms. The Morgan fingerprint density at radius 1 is 1.00 bits per heavy atom. The van der Waals surface area contributed by atoms with E-state index in [1.807, 2.05) is 6.07 Å². The first kappa shape index (κ1) is 15.7. The van der Waals surface area contributed by atoms with Crippen LogP contribution in [0.2, 0.25) is 0 Å². The number of ether oxygens (including phenoxy) is 2. The summed E-state index contributed by atoms with van der Waals surface area (Å²) in [5, 5.41) is 12.6. The number of benzene rings is 1. The third-order valence-electron chi connectivity index (χ3n) is 3.31. The van der Waals surface area contributed by atoms with Crippen molar-refractivity contribution in [3.05, 3.63) is 47.8 Å². The number of hydrogen-bond acceptors (Lipinski definition) is 8. The zero-order valence-corrected chi connectivity index (χ0v) is 14.3. The summed E-state index contributed by atoms with van der Waals surface area (Å²) in [7, 11) is -3.63. The van der Waals surface area contributed by atoms with E-state index in [4.69, 9.17) is 9.47 Å². The van der Waals surface area contributed by atoms with Crippen LogP contribution in [0, 0.1) is 0 Å². The molecule has 0 aliphatic carbocycles. The molecule has 128 valence electrons. The first-order chi connectivity index (χ1) is 12.1. The van der Waals surface area contributed by atoms with Crippen LogP contribution in [-0.2, 0) is 10.0 Å². The minimum atomic E-state index is -3.63. The van der Waals surface area contributed by atoms with E-state index < -0.39 is 10.0 Å². The third-order valence-corrected chi connectivity index (χ3v) is 6.06. The largest absolute Gasteiger partial charge is 0.454 e. The summed E-state index contributed by atoms with van der Waals surface area (Å²) in [6.07, 6.45) is 0. The number of hydrogen-bond donors (Lipinski definition) is 2. The minimum Gasteiger partial charge on any atom is -0.454 e. The van der Waals surface area contributed by atoms with Crippen LogP contribution < -0.4 is 19.5 Å². The van der Waals surface area contributed by atoms with Crippen LogP contribution in [0.4, 0.5) is 17.3 Å². The van der Waals surface area contributed by atoms with Gasteiger partial charge in [-0.2, -0.15) is 0 Å². The molecule has 0 saturated carbocycles. The quantitative estimate of drug-likeness (QED) is 0.706. The highest BCUT2D eigenvalue weighted by molar-refractivity contribution is 7.94. The van der Waals surface area contributed by atoms with Crippen LogP contribution in [0.25, 0.3) is 0 Å². The van der Waals surface area contributed by atoms with E-state index >= 15 is 0 Å². The summed E-state index contributed by atoms with van der Waals surface area (Å²) in [5.74, 6) is 1.95. The Labute approximate surface area is 147 Å². The topological polar surface area (TPSA) is 102 Å². The number of nitrogens with one attached hydrogen (secondary N) is 2. The standard InChI is InChI=1S/C15H12N4O4S2/c20-25(21,15-2-1-7-24-15)19-14-6-5-13(17-18-14)16-10-3-4-11-12(8-10)23-9-22-11/h1-8H,9H2,(H,16,17)(H,18,19). The summed E-state index contributed by atoms with van der Waals surface area (Å²) in [5.41, 5.74) is 0.755. The van der Waals surface area contributed by atoms with Crippen LogP contribution in [0.1, 0.15) is 0 Å². The molecule has 25 heavy (non-hydrogen) atoms. The monoisotopic (exact) mass is 376 g/mol. The van der Waals surface area contributed by atoms with Gasteiger partial charge in [0, 0.05) is 11.8 Å². The van der Waals surface area contributed by atoms with Crippen LogP contribution in [0.5, 0.6) is 11.5 Å². The Balaban J connectivity index is 1.47. The van der Waals surface area contributed by atoms with Gasteiger partial charge in [0.15, 0.2) is 23.1 Å². The molecule has 0 amide bonds. The van der Waals surface area contributed by atoms with Gasteiger partial charge in [-0.3, -0.25) is 4.72 Å². The van der Waals surface area contributed by atoms with Gasteiger partial charge in [0.25, 0.3) is 10.0 Å². The van der Waals surface area contributed by atoms with Gasteiger partial charge in [0.2, 0.25) is 6.79 Å². The molecule has 0 saturated heterocycles. The van der Waals surface area contributed by atoms with Gasteiger partial charge in [-0.1, -0.05) is 6.07 Å². The lowest BCUT2D eigenvalue weighted by Crippen LogP contribution is -2.13. The van der Waals surface area contributed by atoms with Crippen molar-refractivity contribution in [1.29, 1.82) is 0 Å². The van der Waals surface area contributed by atoms with Gasteiger partial charge in [0.1, 0.15) is 4.21 Å².